The SMILES string of the molecule is COc1ccc2ccc(OCCCCN3CCN(c4cccc5c4C(C)CS5)CC3)cc2n1. The summed E-state index contributed by atoms with van der Waals surface area (Å²) in [5, 5.41) is 1.09. The molecule has 0 amide bonds. The number of ether oxygens (including phenoxy) is 2. The Kier molecular flexibility index (Phi) is 6.93. The molecule has 6 heteroatoms. The Morgan fingerprint density at radius 1 is 1.03 bits per heavy atom. The minimum atomic E-state index is 0.629. The van der Waals surface area contributed by atoms with Gasteiger partial charge in [-0.25, -0.2) is 4.98 Å². The van der Waals surface area contributed by atoms with Gasteiger partial charge in [0.1, 0.15) is 5.75 Å². The van der Waals surface area contributed by atoms with Crippen molar-refractivity contribution in [3.8, 4) is 11.6 Å². The van der Waals surface area contributed by atoms with E-state index >= 15 is 0 Å². The highest BCUT2D eigenvalue weighted by molar-refractivity contribution is 7.99. The smallest absolute Gasteiger partial charge is 0.213 e. The highest BCUT2D eigenvalue weighted by Crippen LogP contribution is 2.44. The van der Waals surface area contributed by atoms with Crippen molar-refractivity contribution in [2.75, 3.05) is 57.1 Å². The summed E-state index contributed by atoms with van der Waals surface area (Å²) in [4.78, 5) is 11.2. The first kappa shape index (κ1) is 22.4. The van der Waals surface area contributed by atoms with Crippen LogP contribution < -0.4 is 14.4 Å². The van der Waals surface area contributed by atoms with Gasteiger partial charge in [-0.3, -0.25) is 4.90 Å². The van der Waals surface area contributed by atoms with Crippen molar-refractivity contribution in [1.29, 1.82) is 0 Å². The number of benzene rings is 2. The summed E-state index contributed by atoms with van der Waals surface area (Å²) in [5.41, 5.74) is 3.96. The van der Waals surface area contributed by atoms with Crippen molar-refractivity contribution in [1.82, 2.24) is 9.88 Å². The zero-order chi connectivity index (χ0) is 22.6. The average Bonchev–Trinajstić information content (AvgIpc) is 3.24. The number of hydrogen-bond donors (Lipinski definition) is 0. The van der Waals surface area contributed by atoms with Crippen LogP contribution in [0.3, 0.4) is 0 Å². The Balaban J connectivity index is 1.05. The fraction of sp³-hybridized carbons (Fsp3) is 0.444. The third kappa shape index (κ3) is 5.07. The fourth-order valence-electron chi connectivity index (χ4n) is 4.85. The largest absolute Gasteiger partial charge is 0.494 e. The van der Waals surface area contributed by atoms with Gasteiger partial charge >= 0.3 is 0 Å². The first-order valence-corrected chi connectivity index (χ1v) is 13.0. The maximum Gasteiger partial charge on any atom is 0.213 e. The van der Waals surface area contributed by atoms with E-state index in [0.717, 1.165) is 68.8 Å². The molecule has 1 saturated heterocycles. The summed E-state index contributed by atoms with van der Waals surface area (Å²) in [5.74, 6) is 3.39. The number of aromatic nitrogens is 1. The second-order valence-electron chi connectivity index (χ2n) is 8.99. The van der Waals surface area contributed by atoms with E-state index < -0.39 is 0 Å². The Morgan fingerprint density at radius 3 is 2.73 bits per heavy atom. The topological polar surface area (TPSA) is 37.8 Å². The van der Waals surface area contributed by atoms with Crippen LogP contribution in [-0.4, -0.2) is 62.1 Å². The van der Waals surface area contributed by atoms with Gasteiger partial charge in [0.15, 0.2) is 0 Å². The van der Waals surface area contributed by atoms with Gasteiger partial charge in [-0.15, -0.1) is 11.8 Å². The molecule has 0 saturated carbocycles. The van der Waals surface area contributed by atoms with Crippen LogP contribution in [0.5, 0.6) is 11.6 Å². The first-order chi connectivity index (χ1) is 16.2. The van der Waals surface area contributed by atoms with Crippen molar-refractivity contribution in [2.24, 2.45) is 0 Å². The summed E-state index contributed by atoms with van der Waals surface area (Å²) in [6, 6.07) is 16.8. The molecule has 1 fully saturated rings. The number of anilines is 1. The van der Waals surface area contributed by atoms with Crippen LogP contribution in [0, 0.1) is 0 Å². The molecule has 5 rings (SSSR count). The van der Waals surface area contributed by atoms with E-state index in [0.29, 0.717) is 11.8 Å². The maximum absolute atomic E-state index is 6.00. The Hall–Kier alpha value is -2.44. The molecule has 174 valence electrons. The summed E-state index contributed by atoms with van der Waals surface area (Å²) in [7, 11) is 1.64. The van der Waals surface area contributed by atoms with Crippen molar-refractivity contribution >= 4 is 28.4 Å². The molecule has 2 aliphatic rings. The lowest BCUT2D eigenvalue weighted by atomic mass is 10.00. The highest BCUT2D eigenvalue weighted by atomic mass is 32.2. The Bertz CT molecular complexity index is 1100. The lowest BCUT2D eigenvalue weighted by Gasteiger charge is -2.37. The zero-order valence-electron chi connectivity index (χ0n) is 19.6. The molecular weight excluding hydrogens is 430 g/mol. The standard InChI is InChI=1S/C27H33N3O2S/c1-20-19-33-25-7-5-6-24(27(20)25)30-15-13-29(14-16-30)12-3-4-17-32-22-10-8-21-9-11-26(31-2)28-23(21)18-22/h5-11,18,20H,3-4,12-17,19H2,1-2H3. The van der Waals surface area contributed by atoms with Crippen molar-refractivity contribution in [3.63, 3.8) is 0 Å². The number of piperazine rings is 1. The number of rotatable bonds is 8. The number of nitrogens with zero attached hydrogens (tertiary/aromatic N) is 3. The minimum Gasteiger partial charge on any atom is -0.494 e. The molecule has 0 N–H and O–H groups in total. The molecule has 1 atom stereocenters. The van der Waals surface area contributed by atoms with E-state index in [-0.39, 0.29) is 0 Å². The number of fused-ring (bicyclic) bond motifs is 2. The molecule has 2 aliphatic heterocycles. The van der Waals surface area contributed by atoms with Crippen LogP contribution in [0.2, 0.25) is 0 Å². The van der Waals surface area contributed by atoms with Gasteiger partial charge in [-0.1, -0.05) is 13.0 Å². The second kappa shape index (κ2) is 10.2. The summed E-state index contributed by atoms with van der Waals surface area (Å²) < 4.78 is 11.2. The monoisotopic (exact) mass is 463 g/mol. The van der Waals surface area contributed by atoms with Crippen molar-refractivity contribution < 1.29 is 9.47 Å². The normalized spacial score (nSPS) is 18.5. The number of unbranched alkanes of at least 4 members (excludes halogenated alkanes) is 1. The van der Waals surface area contributed by atoms with E-state index in [1.807, 2.05) is 36.0 Å². The lowest BCUT2D eigenvalue weighted by molar-refractivity contribution is 0.238. The van der Waals surface area contributed by atoms with Gasteiger partial charge in [0.25, 0.3) is 0 Å². The highest BCUT2D eigenvalue weighted by Gasteiger charge is 2.26. The van der Waals surface area contributed by atoms with Gasteiger partial charge < -0.3 is 14.4 Å². The quantitative estimate of drug-likeness (QED) is 0.415. The third-order valence-electron chi connectivity index (χ3n) is 6.72. The van der Waals surface area contributed by atoms with Crippen LogP contribution in [0.15, 0.2) is 53.4 Å². The minimum absolute atomic E-state index is 0.629. The van der Waals surface area contributed by atoms with Crippen LogP contribution >= 0.6 is 11.8 Å². The van der Waals surface area contributed by atoms with E-state index in [9.17, 15) is 0 Å². The number of pyridine rings is 1. The van der Waals surface area contributed by atoms with E-state index in [4.69, 9.17) is 9.47 Å². The molecular formula is C27H33N3O2S. The Morgan fingerprint density at radius 2 is 1.88 bits per heavy atom. The molecule has 0 aliphatic carbocycles. The van der Waals surface area contributed by atoms with Gasteiger partial charge in [-0.05, 0) is 61.2 Å². The third-order valence-corrected chi connectivity index (χ3v) is 8.06. The molecule has 0 spiro atoms. The zero-order valence-corrected chi connectivity index (χ0v) is 20.4. The fourth-order valence-corrected chi connectivity index (χ4v) is 6.08. The Labute approximate surface area is 201 Å². The maximum atomic E-state index is 6.00. The summed E-state index contributed by atoms with van der Waals surface area (Å²) in [6.45, 7) is 8.78. The van der Waals surface area contributed by atoms with Crippen molar-refractivity contribution in [3.05, 3.63) is 54.1 Å². The summed E-state index contributed by atoms with van der Waals surface area (Å²) >= 11 is 2.01. The molecule has 33 heavy (non-hydrogen) atoms. The molecule has 2 aromatic carbocycles. The summed E-state index contributed by atoms with van der Waals surface area (Å²) in [6.07, 6.45) is 2.22. The average molecular weight is 464 g/mol. The van der Waals surface area contributed by atoms with Crippen LogP contribution in [0.25, 0.3) is 10.9 Å². The number of thioether (sulfide) groups is 1. The van der Waals surface area contributed by atoms with Gasteiger partial charge in [0, 0.05) is 60.0 Å². The molecule has 1 aromatic heterocycles. The molecule has 1 unspecified atom stereocenters. The van der Waals surface area contributed by atoms with Crippen molar-refractivity contribution in [2.45, 2.75) is 30.6 Å². The van der Waals surface area contributed by atoms with Crippen LogP contribution in [-0.2, 0) is 0 Å². The predicted octanol–water partition coefficient (Wildman–Crippen LogP) is 5.43. The van der Waals surface area contributed by atoms with E-state index in [1.54, 1.807) is 12.7 Å². The van der Waals surface area contributed by atoms with Crippen LogP contribution in [0.1, 0.15) is 31.2 Å². The van der Waals surface area contributed by atoms with Crippen LogP contribution in [0.4, 0.5) is 5.69 Å². The van der Waals surface area contributed by atoms with Gasteiger partial charge in [-0.2, -0.15) is 0 Å². The number of methoxy groups -OCH3 is 1. The molecule has 5 nitrogen and oxygen atoms in total. The first-order valence-electron chi connectivity index (χ1n) is 12.0. The predicted molar refractivity (Wildman–Crippen MR) is 137 cm³/mol. The van der Waals surface area contributed by atoms with E-state index in [2.05, 4.69) is 46.0 Å². The van der Waals surface area contributed by atoms with Gasteiger partial charge in [0.2, 0.25) is 5.88 Å². The lowest BCUT2D eigenvalue weighted by Crippen LogP contribution is -2.47. The molecule has 3 aromatic rings. The van der Waals surface area contributed by atoms with Gasteiger partial charge in [0.05, 0.1) is 19.2 Å². The number of hydrogen-bond acceptors (Lipinski definition) is 6. The second-order valence-corrected chi connectivity index (χ2v) is 10.1. The molecule has 0 bridgehead atoms. The van der Waals surface area contributed by atoms with E-state index in [1.165, 1.54) is 16.3 Å². The molecule has 0 radical (unpaired) electrons. The molecule has 3 heterocycles.